The topological polar surface area (TPSA) is 52.0 Å². The SMILES string of the molecule is CCC(CCN)C(N)(Cl)Cl. The van der Waals surface area contributed by atoms with Crippen LogP contribution in [0.4, 0.5) is 0 Å². The molecule has 0 radical (unpaired) electrons. The Morgan fingerprint density at radius 1 is 1.50 bits per heavy atom. The zero-order valence-corrected chi connectivity index (χ0v) is 7.62. The number of nitrogens with two attached hydrogens (primary N) is 2. The summed E-state index contributed by atoms with van der Waals surface area (Å²) in [5.41, 5.74) is 10.8. The standard InChI is InChI=1S/C6H14Cl2N2/c1-2-5(3-4-9)6(7,8)10/h5H,2-4,9-10H2,1H3. The Bertz CT molecular complexity index is 90.2. The predicted molar refractivity (Wildman–Crippen MR) is 46.1 cm³/mol. The minimum Gasteiger partial charge on any atom is -0.330 e. The maximum Gasteiger partial charge on any atom is 0.169 e. The molecule has 4 N–H and O–H groups in total. The highest BCUT2D eigenvalue weighted by atomic mass is 35.5. The van der Waals surface area contributed by atoms with Crippen molar-refractivity contribution >= 4 is 23.2 Å². The third kappa shape index (κ3) is 3.62. The van der Waals surface area contributed by atoms with Gasteiger partial charge in [-0.15, -0.1) is 0 Å². The summed E-state index contributed by atoms with van der Waals surface area (Å²) >= 11 is 11.3. The van der Waals surface area contributed by atoms with Gasteiger partial charge in [0.1, 0.15) is 0 Å². The second kappa shape index (κ2) is 4.39. The largest absolute Gasteiger partial charge is 0.330 e. The van der Waals surface area contributed by atoms with E-state index in [-0.39, 0.29) is 5.92 Å². The van der Waals surface area contributed by atoms with Crippen molar-refractivity contribution in [3.63, 3.8) is 0 Å². The van der Waals surface area contributed by atoms with E-state index in [1.165, 1.54) is 0 Å². The van der Waals surface area contributed by atoms with Gasteiger partial charge < -0.3 is 5.73 Å². The van der Waals surface area contributed by atoms with Crippen LogP contribution >= 0.6 is 23.2 Å². The van der Waals surface area contributed by atoms with E-state index in [0.717, 1.165) is 12.8 Å². The molecule has 0 aliphatic rings. The Morgan fingerprint density at radius 2 is 2.00 bits per heavy atom. The van der Waals surface area contributed by atoms with Crippen LogP contribution in [-0.4, -0.2) is 11.0 Å². The van der Waals surface area contributed by atoms with Crippen molar-refractivity contribution in [2.75, 3.05) is 6.54 Å². The molecule has 10 heavy (non-hydrogen) atoms. The van der Waals surface area contributed by atoms with Crippen LogP contribution in [0.15, 0.2) is 0 Å². The van der Waals surface area contributed by atoms with E-state index in [1.807, 2.05) is 6.92 Å². The number of halogens is 2. The Labute approximate surface area is 71.9 Å². The molecule has 0 aliphatic heterocycles. The van der Waals surface area contributed by atoms with Gasteiger partial charge in [-0.2, -0.15) is 0 Å². The van der Waals surface area contributed by atoms with E-state index in [1.54, 1.807) is 0 Å². The van der Waals surface area contributed by atoms with Crippen LogP contribution in [-0.2, 0) is 0 Å². The first kappa shape index (κ1) is 10.5. The van der Waals surface area contributed by atoms with Gasteiger partial charge in [0.15, 0.2) is 4.46 Å². The average Bonchev–Trinajstić information content (AvgIpc) is 1.80. The summed E-state index contributed by atoms with van der Waals surface area (Å²) in [6, 6.07) is 0. The van der Waals surface area contributed by atoms with Gasteiger partial charge in [-0.05, 0) is 19.4 Å². The number of rotatable bonds is 4. The number of alkyl halides is 2. The highest BCUT2D eigenvalue weighted by Gasteiger charge is 2.27. The third-order valence-electron chi connectivity index (χ3n) is 1.55. The minimum atomic E-state index is -1.12. The molecule has 0 amide bonds. The highest BCUT2D eigenvalue weighted by Crippen LogP contribution is 2.28. The molecule has 0 bridgehead atoms. The van der Waals surface area contributed by atoms with Crippen molar-refractivity contribution in [1.82, 2.24) is 0 Å². The van der Waals surface area contributed by atoms with E-state index in [9.17, 15) is 0 Å². The average molecular weight is 185 g/mol. The van der Waals surface area contributed by atoms with Gasteiger partial charge in [0.2, 0.25) is 0 Å². The summed E-state index contributed by atoms with van der Waals surface area (Å²) in [5.74, 6) is 0.0980. The van der Waals surface area contributed by atoms with E-state index >= 15 is 0 Å². The van der Waals surface area contributed by atoms with Crippen molar-refractivity contribution in [3.05, 3.63) is 0 Å². The molecular formula is C6H14Cl2N2. The quantitative estimate of drug-likeness (QED) is 0.514. The summed E-state index contributed by atoms with van der Waals surface area (Å²) in [6.07, 6.45) is 1.64. The molecule has 2 nitrogen and oxygen atoms in total. The molecule has 0 saturated heterocycles. The smallest absolute Gasteiger partial charge is 0.169 e. The molecule has 0 aromatic heterocycles. The van der Waals surface area contributed by atoms with Crippen LogP contribution in [0.5, 0.6) is 0 Å². The fourth-order valence-electron chi connectivity index (χ4n) is 0.870. The molecule has 1 unspecified atom stereocenters. The fourth-order valence-corrected chi connectivity index (χ4v) is 1.40. The van der Waals surface area contributed by atoms with Gasteiger partial charge in [0, 0.05) is 5.92 Å². The minimum absolute atomic E-state index is 0.0980. The lowest BCUT2D eigenvalue weighted by molar-refractivity contribution is 0.428. The van der Waals surface area contributed by atoms with E-state index in [0.29, 0.717) is 6.54 Å². The van der Waals surface area contributed by atoms with Crippen LogP contribution < -0.4 is 11.5 Å². The Balaban J connectivity index is 3.81. The van der Waals surface area contributed by atoms with E-state index in [2.05, 4.69) is 0 Å². The third-order valence-corrected chi connectivity index (χ3v) is 2.17. The molecule has 0 aromatic carbocycles. The van der Waals surface area contributed by atoms with E-state index in [4.69, 9.17) is 34.7 Å². The molecule has 0 rings (SSSR count). The molecule has 62 valence electrons. The van der Waals surface area contributed by atoms with Gasteiger partial charge in [0.05, 0.1) is 0 Å². The summed E-state index contributed by atoms with van der Waals surface area (Å²) in [6.45, 7) is 2.57. The number of hydrogen-bond acceptors (Lipinski definition) is 2. The first-order valence-corrected chi connectivity index (χ1v) is 4.14. The van der Waals surface area contributed by atoms with Crippen molar-refractivity contribution < 1.29 is 0 Å². The lowest BCUT2D eigenvalue weighted by Gasteiger charge is -2.23. The van der Waals surface area contributed by atoms with Crippen LogP contribution in [0.2, 0.25) is 0 Å². The molecule has 0 aromatic rings. The van der Waals surface area contributed by atoms with Gasteiger partial charge in [-0.3, -0.25) is 5.73 Å². The van der Waals surface area contributed by atoms with Crippen molar-refractivity contribution in [1.29, 1.82) is 0 Å². The Morgan fingerprint density at radius 3 is 2.10 bits per heavy atom. The Kier molecular flexibility index (Phi) is 4.61. The predicted octanol–water partition coefficient (Wildman–Crippen LogP) is 1.45. The first-order valence-electron chi connectivity index (χ1n) is 3.39. The van der Waals surface area contributed by atoms with Gasteiger partial charge in [0.25, 0.3) is 0 Å². The highest BCUT2D eigenvalue weighted by molar-refractivity contribution is 6.48. The zero-order valence-electron chi connectivity index (χ0n) is 6.11. The normalized spacial score (nSPS) is 15.3. The monoisotopic (exact) mass is 184 g/mol. The zero-order chi connectivity index (χ0) is 8.20. The second-order valence-corrected chi connectivity index (χ2v) is 3.80. The molecule has 1 atom stereocenters. The van der Waals surface area contributed by atoms with Crippen LogP contribution in [0, 0.1) is 5.92 Å². The second-order valence-electron chi connectivity index (χ2n) is 2.36. The van der Waals surface area contributed by atoms with Crippen molar-refractivity contribution in [3.8, 4) is 0 Å². The maximum absolute atomic E-state index is 5.67. The molecule has 0 spiro atoms. The van der Waals surface area contributed by atoms with Gasteiger partial charge >= 0.3 is 0 Å². The van der Waals surface area contributed by atoms with Crippen molar-refractivity contribution in [2.24, 2.45) is 17.4 Å². The Hall–Kier alpha value is 0.500. The molecule has 0 heterocycles. The van der Waals surface area contributed by atoms with Gasteiger partial charge in [-0.25, -0.2) is 0 Å². The molecule has 0 fully saturated rings. The van der Waals surface area contributed by atoms with E-state index < -0.39 is 4.46 Å². The lowest BCUT2D eigenvalue weighted by atomic mass is 10.0. The molecule has 0 aliphatic carbocycles. The van der Waals surface area contributed by atoms with Crippen LogP contribution in [0.25, 0.3) is 0 Å². The molecular weight excluding hydrogens is 171 g/mol. The summed E-state index contributed by atoms with van der Waals surface area (Å²) in [7, 11) is 0. The summed E-state index contributed by atoms with van der Waals surface area (Å²) < 4.78 is -1.12. The number of hydrogen-bond donors (Lipinski definition) is 2. The summed E-state index contributed by atoms with van der Waals surface area (Å²) in [4.78, 5) is 0. The molecule has 0 saturated carbocycles. The van der Waals surface area contributed by atoms with Crippen LogP contribution in [0.3, 0.4) is 0 Å². The van der Waals surface area contributed by atoms with Gasteiger partial charge in [-0.1, -0.05) is 30.1 Å². The van der Waals surface area contributed by atoms with Crippen LogP contribution in [0.1, 0.15) is 19.8 Å². The first-order chi connectivity index (χ1) is 4.52. The lowest BCUT2D eigenvalue weighted by Crippen LogP contribution is -2.36. The fraction of sp³-hybridized carbons (Fsp3) is 1.00. The van der Waals surface area contributed by atoms with Crippen molar-refractivity contribution in [2.45, 2.75) is 24.2 Å². The summed E-state index contributed by atoms with van der Waals surface area (Å²) in [5, 5.41) is 0. The molecule has 4 heteroatoms. The maximum atomic E-state index is 5.67.